The van der Waals surface area contributed by atoms with Crippen LogP contribution < -0.4 is 5.32 Å². The molecule has 0 radical (unpaired) electrons. The first kappa shape index (κ1) is 14.1. The molecule has 0 saturated carbocycles. The minimum Gasteiger partial charge on any atom is -0.378 e. The Morgan fingerprint density at radius 1 is 1.39 bits per heavy atom. The van der Waals surface area contributed by atoms with Crippen molar-refractivity contribution in [2.75, 3.05) is 16.8 Å². The van der Waals surface area contributed by atoms with Gasteiger partial charge in [0.15, 0.2) is 0 Å². The smallest absolute Gasteiger partial charge is 0.150 e. The average Bonchev–Trinajstić information content (AvgIpc) is 2.24. The van der Waals surface area contributed by atoms with Gasteiger partial charge in [0.05, 0.1) is 5.69 Å². The Morgan fingerprint density at radius 2 is 2.11 bits per heavy atom. The third kappa shape index (κ3) is 2.99. The standard InChI is InChI=1S/C13H16BrF2NS/c1-13(2)3-4-18-7-11(13)17-12-9(14)5-8(15)6-10(12)16/h5-6,11,17H,3-4,7H2,1-2H3. The SMILES string of the molecule is CC1(C)CCSCC1Nc1c(F)cc(F)cc1Br. The predicted molar refractivity (Wildman–Crippen MR) is 77.2 cm³/mol. The molecule has 1 unspecified atom stereocenters. The summed E-state index contributed by atoms with van der Waals surface area (Å²) >= 11 is 5.08. The molecule has 100 valence electrons. The van der Waals surface area contributed by atoms with Crippen LogP contribution in [0.15, 0.2) is 16.6 Å². The lowest BCUT2D eigenvalue weighted by atomic mass is 9.82. The summed E-state index contributed by atoms with van der Waals surface area (Å²) in [5.74, 6) is 0.963. The number of hydrogen-bond acceptors (Lipinski definition) is 2. The van der Waals surface area contributed by atoms with Gasteiger partial charge in [-0.25, -0.2) is 8.78 Å². The van der Waals surface area contributed by atoms with Crippen LogP contribution in [0.1, 0.15) is 20.3 Å². The second-order valence-electron chi connectivity index (χ2n) is 5.25. The number of anilines is 1. The summed E-state index contributed by atoms with van der Waals surface area (Å²) in [4.78, 5) is 0. The normalized spacial score (nSPS) is 22.8. The van der Waals surface area contributed by atoms with E-state index in [1.165, 1.54) is 6.07 Å². The molecule has 0 aromatic heterocycles. The van der Waals surface area contributed by atoms with E-state index in [1.54, 1.807) is 0 Å². The van der Waals surface area contributed by atoms with Gasteiger partial charge < -0.3 is 5.32 Å². The lowest BCUT2D eigenvalue weighted by Crippen LogP contribution is -2.42. The van der Waals surface area contributed by atoms with E-state index in [0.717, 1.165) is 24.0 Å². The van der Waals surface area contributed by atoms with E-state index in [-0.39, 0.29) is 11.5 Å². The number of hydrogen-bond donors (Lipinski definition) is 1. The van der Waals surface area contributed by atoms with Gasteiger partial charge in [0, 0.05) is 22.3 Å². The van der Waals surface area contributed by atoms with Gasteiger partial charge in [0.1, 0.15) is 11.6 Å². The molecular formula is C13H16BrF2NS. The molecule has 1 saturated heterocycles. The molecule has 1 aliphatic rings. The van der Waals surface area contributed by atoms with Gasteiger partial charge in [0.2, 0.25) is 0 Å². The maximum absolute atomic E-state index is 13.8. The Bertz CT molecular complexity index is 428. The predicted octanol–water partition coefficient (Wildman–Crippen LogP) is 4.67. The highest BCUT2D eigenvalue weighted by atomic mass is 79.9. The first-order valence-corrected chi connectivity index (χ1v) is 7.84. The van der Waals surface area contributed by atoms with E-state index in [9.17, 15) is 8.78 Å². The highest BCUT2D eigenvalue weighted by Crippen LogP contribution is 2.38. The largest absolute Gasteiger partial charge is 0.378 e. The first-order chi connectivity index (χ1) is 8.40. The molecular weight excluding hydrogens is 320 g/mol. The molecule has 0 spiro atoms. The summed E-state index contributed by atoms with van der Waals surface area (Å²) in [6.07, 6.45) is 1.09. The Hall–Kier alpha value is -0.290. The van der Waals surface area contributed by atoms with Crippen LogP contribution in [0.2, 0.25) is 0 Å². The van der Waals surface area contributed by atoms with Crippen molar-refractivity contribution < 1.29 is 8.78 Å². The molecule has 1 aromatic carbocycles. The van der Waals surface area contributed by atoms with Gasteiger partial charge in [-0.05, 0) is 39.6 Å². The molecule has 0 bridgehead atoms. The molecule has 1 heterocycles. The zero-order valence-electron chi connectivity index (χ0n) is 10.4. The first-order valence-electron chi connectivity index (χ1n) is 5.89. The van der Waals surface area contributed by atoms with E-state index in [1.807, 2.05) is 11.8 Å². The van der Waals surface area contributed by atoms with Crippen molar-refractivity contribution in [2.24, 2.45) is 5.41 Å². The maximum Gasteiger partial charge on any atom is 0.150 e. The number of halogens is 3. The van der Waals surface area contributed by atoms with Crippen LogP contribution in [0.25, 0.3) is 0 Å². The molecule has 0 aliphatic carbocycles. The van der Waals surface area contributed by atoms with E-state index in [0.29, 0.717) is 10.2 Å². The van der Waals surface area contributed by atoms with Crippen molar-refractivity contribution in [3.8, 4) is 0 Å². The molecule has 1 fully saturated rings. The average molecular weight is 336 g/mol. The highest BCUT2D eigenvalue weighted by molar-refractivity contribution is 9.10. The minimum absolute atomic E-state index is 0.117. The summed E-state index contributed by atoms with van der Waals surface area (Å²) in [6.45, 7) is 4.36. The lowest BCUT2D eigenvalue weighted by Gasteiger charge is -2.39. The molecule has 2 rings (SSSR count). The maximum atomic E-state index is 13.8. The zero-order chi connectivity index (χ0) is 13.3. The third-order valence-corrected chi connectivity index (χ3v) is 5.13. The van der Waals surface area contributed by atoms with E-state index in [4.69, 9.17) is 0 Å². The Balaban J connectivity index is 2.23. The second kappa shape index (κ2) is 5.37. The molecule has 1 N–H and O–H groups in total. The van der Waals surface area contributed by atoms with Crippen molar-refractivity contribution in [1.82, 2.24) is 0 Å². The van der Waals surface area contributed by atoms with Crippen LogP contribution in [-0.2, 0) is 0 Å². The van der Waals surface area contributed by atoms with Crippen LogP contribution >= 0.6 is 27.7 Å². The molecule has 1 atom stereocenters. The van der Waals surface area contributed by atoms with Gasteiger partial charge in [-0.2, -0.15) is 11.8 Å². The fraction of sp³-hybridized carbons (Fsp3) is 0.538. The second-order valence-corrected chi connectivity index (χ2v) is 7.26. The van der Waals surface area contributed by atoms with Gasteiger partial charge in [-0.1, -0.05) is 13.8 Å². The van der Waals surface area contributed by atoms with Crippen LogP contribution in [0.3, 0.4) is 0 Å². The topological polar surface area (TPSA) is 12.0 Å². The van der Waals surface area contributed by atoms with Crippen molar-refractivity contribution in [2.45, 2.75) is 26.3 Å². The van der Waals surface area contributed by atoms with E-state index < -0.39 is 11.6 Å². The van der Waals surface area contributed by atoms with Gasteiger partial charge in [-0.3, -0.25) is 0 Å². The van der Waals surface area contributed by atoms with Crippen LogP contribution in [0, 0.1) is 17.0 Å². The number of thioether (sulfide) groups is 1. The lowest BCUT2D eigenvalue weighted by molar-refractivity contribution is 0.304. The summed E-state index contributed by atoms with van der Waals surface area (Å²) < 4.78 is 27.3. The highest BCUT2D eigenvalue weighted by Gasteiger charge is 2.33. The van der Waals surface area contributed by atoms with Crippen LogP contribution in [0.5, 0.6) is 0 Å². The van der Waals surface area contributed by atoms with Gasteiger partial charge >= 0.3 is 0 Å². The molecule has 5 heteroatoms. The zero-order valence-corrected chi connectivity index (χ0v) is 12.8. The Kier molecular flexibility index (Phi) is 4.22. The monoisotopic (exact) mass is 335 g/mol. The fourth-order valence-corrected chi connectivity index (χ4v) is 4.16. The summed E-state index contributed by atoms with van der Waals surface area (Å²) in [6, 6.07) is 2.39. The fourth-order valence-electron chi connectivity index (χ4n) is 2.03. The number of rotatable bonds is 2. The summed E-state index contributed by atoms with van der Waals surface area (Å²) in [5.41, 5.74) is 0.475. The minimum atomic E-state index is -0.567. The van der Waals surface area contributed by atoms with Crippen LogP contribution in [0.4, 0.5) is 14.5 Å². The Labute approximate surface area is 119 Å². The van der Waals surface area contributed by atoms with Crippen molar-refractivity contribution in [1.29, 1.82) is 0 Å². The van der Waals surface area contributed by atoms with Crippen molar-refractivity contribution in [3.05, 3.63) is 28.2 Å². The molecule has 1 nitrogen and oxygen atoms in total. The van der Waals surface area contributed by atoms with Crippen molar-refractivity contribution >= 4 is 33.4 Å². The van der Waals surface area contributed by atoms with Crippen LogP contribution in [-0.4, -0.2) is 17.5 Å². The Morgan fingerprint density at radius 3 is 2.72 bits per heavy atom. The quantitative estimate of drug-likeness (QED) is 0.842. The third-order valence-electron chi connectivity index (χ3n) is 3.44. The summed E-state index contributed by atoms with van der Waals surface area (Å²) in [5, 5.41) is 3.23. The van der Waals surface area contributed by atoms with Gasteiger partial charge in [-0.15, -0.1) is 0 Å². The van der Waals surface area contributed by atoms with Gasteiger partial charge in [0.25, 0.3) is 0 Å². The van der Waals surface area contributed by atoms with E-state index >= 15 is 0 Å². The molecule has 18 heavy (non-hydrogen) atoms. The number of nitrogens with one attached hydrogen (secondary N) is 1. The number of benzene rings is 1. The molecule has 0 amide bonds. The molecule has 1 aromatic rings. The molecule has 1 aliphatic heterocycles. The van der Waals surface area contributed by atoms with E-state index in [2.05, 4.69) is 35.1 Å². The summed E-state index contributed by atoms with van der Waals surface area (Å²) in [7, 11) is 0. The van der Waals surface area contributed by atoms with Crippen molar-refractivity contribution in [3.63, 3.8) is 0 Å².